The summed E-state index contributed by atoms with van der Waals surface area (Å²) in [5.41, 5.74) is 5.76. The molecule has 209 valence electrons. The van der Waals surface area contributed by atoms with E-state index in [1.165, 1.54) is 96.2 Å². The molecule has 2 aromatic carbocycles. The van der Waals surface area contributed by atoms with Gasteiger partial charge in [-0.2, -0.15) is 0 Å². The van der Waals surface area contributed by atoms with Crippen LogP contribution in [0.1, 0.15) is 68.7 Å². The second-order valence-electron chi connectivity index (χ2n) is 10.7. The molecule has 0 atom stereocenters. The third-order valence-electron chi connectivity index (χ3n) is 7.46. The Morgan fingerprint density at radius 3 is 1.31 bits per heavy atom. The van der Waals surface area contributed by atoms with Gasteiger partial charge in [0, 0.05) is 17.7 Å². The quantitative estimate of drug-likeness (QED) is 0.251. The summed E-state index contributed by atoms with van der Waals surface area (Å²) in [6.45, 7) is 14.7. The number of quaternary nitrogens is 2. The molecule has 4 rings (SSSR count). The van der Waals surface area contributed by atoms with Gasteiger partial charge in [0.15, 0.2) is 0 Å². The fourth-order valence-corrected chi connectivity index (χ4v) is 5.17. The molecule has 36 heavy (non-hydrogen) atoms. The molecule has 0 unspecified atom stereocenters. The zero-order chi connectivity index (χ0) is 25.6. The Bertz CT molecular complexity index is 804. The minimum Gasteiger partial charge on any atom is -0.327 e. The number of hydrogen-bond donors (Lipinski definition) is 1. The molecule has 0 amide bonds. The predicted molar refractivity (Wildman–Crippen MR) is 153 cm³/mol. The summed E-state index contributed by atoms with van der Waals surface area (Å²) in [5, 5.41) is 3.18. The van der Waals surface area contributed by atoms with Crippen molar-refractivity contribution in [2.45, 2.75) is 72.5 Å². The predicted octanol–water partition coefficient (Wildman–Crippen LogP) is 6.57. The second-order valence-corrected chi connectivity index (χ2v) is 10.7. The first-order valence-electron chi connectivity index (χ1n) is 14.0. The van der Waals surface area contributed by atoms with E-state index in [1.54, 1.807) is 0 Å². The number of benzene rings is 2. The minimum absolute atomic E-state index is 0. The summed E-state index contributed by atoms with van der Waals surface area (Å²) in [6, 6.07) is 18.2. The molecule has 0 bridgehead atoms. The second kappa shape index (κ2) is 16.1. The van der Waals surface area contributed by atoms with E-state index in [0.717, 1.165) is 13.0 Å². The number of nitrogens with zero attached hydrogens (tertiary/aromatic N) is 2. The summed E-state index contributed by atoms with van der Waals surface area (Å²) in [6.07, 6.45) is 11.1. The number of hydrogen-bond acceptors (Lipinski definition) is 1. The van der Waals surface area contributed by atoms with Crippen LogP contribution in [-0.4, -0.2) is 56.3 Å². The van der Waals surface area contributed by atoms with Crippen LogP contribution in [0, 0.1) is 12.8 Å². The summed E-state index contributed by atoms with van der Waals surface area (Å²) in [4.78, 5) is 0. The molecular formula is C32H53MdN3. The third kappa shape index (κ3) is 10.5. The minimum atomic E-state index is 0. The fraction of sp³-hybridized carbons (Fsp3) is 0.562. The van der Waals surface area contributed by atoms with Gasteiger partial charge in [-0.1, -0.05) is 69.3 Å². The average Bonchev–Trinajstić information content (AvgIpc) is 2.88. The van der Waals surface area contributed by atoms with Crippen molar-refractivity contribution in [2.75, 3.05) is 47.3 Å². The van der Waals surface area contributed by atoms with Crippen molar-refractivity contribution >= 4 is 0 Å². The monoisotopic (exact) mass is 738 g/mol. The van der Waals surface area contributed by atoms with E-state index in [1.807, 2.05) is 20.9 Å². The van der Waals surface area contributed by atoms with Crippen molar-refractivity contribution in [3.8, 4) is 0 Å². The van der Waals surface area contributed by atoms with Gasteiger partial charge < -0.3 is 27.1 Å². The molecule has 0 spiro atoms. The zero-order valence-electron chi connectivity index (χ0n) is 23.9. The summed E-state index contributed by atoms with van der Waals surface area (Å²) < 4.78 is 2.41. The molecule has 2 aliphatic rings. The first kappa shape index (κ1) is 31.4. The number of rotatable bonds is 7. The maximum atomic E-state index is 3.18. The van der Waals surface area contributed by atoms with E-state index < -0.39 is 0 Å². The zero-order valence-corrected chi connectivity index (χ0v) is 26.2. The topological polar surface area (TPSA) is 12.0 Å². The molecule has 2 fully saturated rings. The van der Waals surface area contributed by atoms with Gasteiger partial charge in [0.1, 0.15) is 13.1 Å². The van der Waals surface area contributed by atoms with Gasteiger partial charge in [0.2, 0.25) is 0 Å². The van der Waals surface area contributed by atoms with Crippen LogP contribution in [-0.2, 0) is 26.1 Å². The molecule has 2 aliphatic heterocycles. The Morgan fingerprint density at radius 1 is 0.639 bits per heavy atom. The molecule has 3 nitrogen and oxygen atoms in total. The Kier molecular flexibility index (Phi) is 14.1. The number of nitrogens with one attached hydrogen (secondary N) is 1. The van der Waals surface area contributed by atoms with Gasteiger partial charge in [-0.3, -0.25) is 0 Å². The van der Waals surface area contributed by atoms with Gasteiger partial charge in [-0.15, -0.1) is 25.7 Å². The van der Waals surface area contributed by atoms with E-state index >= 15 is 0 Å². The normalized spacial score (nSPS) is 17.9. The van der Waals surface area contributed by atoms with Crippen LogP contribution < -0.4 is 5.32 Å². The molecule has 1 N–H and O–H groups in total. The van der Waals surface area contributed by atoms with Crippen molar-refractivity contribution in [3.05, 3.63) is 83.6 Å². The van der Waals surface area contributed by atoms with Crippen LogP contribution in [0.15, 0.2) is 48.5 Å². The van der Waals surface area contributed by atoms with Crippen molar-refractivity contribution < 1.29 is 8.97 Å². The van der Waals surface area contributed by atoms with Crippen LogP contribution in [0.4, 0.5) is 0 Å². The molecule has 0 aromatic heterocycles. The summed E-state index contributed by atoms with van der Waals surface area (Å²) in [5.74, 6) is 0. The van der Waals surface area contributed by atoms with Gasteiger partial charge in [0.05, 0.1) is 40.3 Å². The number of aryl methyl sites for hydroxylation is 1. The van der Waals surface area contributed by atoms with Crippen molar-refractivity contribution in [3.63, 3.8) is 0 Å². The van der Waals surface area contributed by atoms with Gasteiger partial charge in [0.25, 0.3) is 0 Å². The van der Waals surface area contributed by atoms with E-state index in [0.29, 0.717) is 0 Å². The molecule has 2 aromatic rings. The van der Waals surface area contributed by atoms with E-state index in [9.17, 15) is 0 Å². The maximum absolute atomic E-state index is 3.18. The average molecular weight is 738 g/mol. The van der Waals surface area contributed by atoms with Gasteiger partial charge in [-0.05, 0) is 24.6 Å². The Balaban J connectivity index is 0.000000329. The molecule has 2 saturated heterocycles. The van der Waals surface area contributed by atoms with Crippen molar-refractivity contribution in [1.29, 1.82) is 0 Å². The molecule has 2 heterocycles. The SMILES string of the molecule is CC.CCc1ccc(C[N+]2(C)CC[CH-]CC2)cc1.CNCc1ccc(C[N+]2(C)CC[CH-]CC2)cc1.[Md]. The largest absolute Gasteiger partial charge is 0.327 e. The molecule has 1 radical (unpaired) electrons. The Hall–Kier alpha value is -2.68. The van der Waals surface area contributed by atoms with E-state index in [-0.39, 0.29) is 0 Å². The first-order valence-corrected chi connectivity index (χ1v) is 14.0. The van der Waals surface area contributed by atoms with E-state index in [4.69, 9.17) is 0 Å². The molecular weight excluding hydrogens is 684 g/mol. The Labute approximate surface area is 217 Å². The van der Waals surface area contributed by atoms with Gasteiger partial charge in [-0.25, -0.2) is 0 Å². The fourth-order valence-electron chi connectivity index (χ4n) is 5.17. The van der Waals surface area contributed by atoms with Crippen LogP contribution in [0.5, 0.6) is 0 Å². The molecule has 4 heteroatoms. The standard InChI is InChI=1S/C15H24N2.C15H23N.C2H6.Md/c1-16-12-14-6-8-15(9-7-14)13-17(2)10-4-3-5-11-17;1-3-14-7-9-15(10-8-14)13-16(2)11-5-4-6-12-16;1-2;/h3,6-9,16H,4-5,10-13H2,1-2H3;4,7-10H,3,5-6,11-13H2,1-2H3;1-2H3;. The van der Waals surface area contributed by atoms with Crippen LogP contribution in [0.2, 0.25) is 0 Å². The maximum Gasteiger partial charge on any atom is 0.104 e. The smallest absolute Gasteiger partial charge is 0.104 e. The summed E-state index contributed by atoms with van der Waals surface area (Å²) in [7, 11) is 6.76. The summed E-state index contributed by atoms with van der Waals surface area (Å²) >= 11 is 0. The molecule has 0 aliphatic carbocycles. The van der Waals surface area contributed by atoms with Crippen molar-refractivity contribution in [1.82, 2.24) is 5.32 Å². The van der Waals surface area contributed by atoms with E-state index in [2.05, 4.69) is 87.7 Å². The number of piperidine rings is 2. The van der Waals surface area contributed by atoms with Crippen molar-refractivity contribution in [2.24, 2.45) is 0 Å². The molecule has 0 saturated carbocycles. The van der Waals surface area contributed by atoms with Crippen LogP contribution in [0.25, 0.3) is 0 Å². The third-order valence-corrected chi connectivity index (χ3v) is 7.46. The van der Waals surface area contributed by atoms with Gasteiger partial charge >= 0.3 is 0 Å². The van der Waals surface area contributed by atoms with Crippen LogP contribution >= 0.6 is 0 Å². The Morgan fingerprint density at radius 2 is 0.972 bits per heavy atom. The van der Waals surface area contributed by atoms with Crippen LogP contribution in [0.3, 0.4) is 0 Å². The first-order chi connectivity index (χ1) is 16.9. The number of likely N-dealkylation sites (tertiary alicyclic amines) is 2.